The van der Waals surface area contributed by atoms with Gasteiger partial charge in [-0.25, -0.2) is 4.98 Å². The first kappa shape index (κ1) is 12.6. The number of nitrogen functional groups attached to an aromatic ring is 1. The average molecular weight is 297 g/mol. The minimum atomic E-state index is 0.214. The maximum Gasteiger partial charge on any atom is 0.166 e. The van der Waals surface area contributed by atoms with Crippen molar-refractivity contribution >= 4 is 28.5 Å². The lowest BCUT2D eigenvalue weighted by Gasteiger charge is -2.08. The van der Waals surface area contributed by atoms with Crippen molar-refractivity contribution in [2.24, 2.45) is 0 Å². The highest BCUT2D eigenvalue weighted by Gasteiger charge is 2.22. The van der Waals surface area contributed by atoms with Gasteiger partial charge in [0, 0.05) is 17.9 Å². The minimum absolute atomic E-state index is 0.214. The van der Waals surface area contributed by atoms with Crippen LogP contribution in [0, 0.1) is 0 Å². The van der Waals surface area contributed by atoms with E-state index in [-0.39, 0.29) is 6.10 Å². The zero-order valence-electron chi connectivity index (χ0n) is 11.4. The molecular formula is C16H15N3OS. The molecule has 0 radical (unpaired) electrons. The number of imidazole rings is 1. The fraction of sp³-hybridized carbons (Fsp3) is 0.188. The van der Waals surface area contributed by atoms with E-state index in [1.54, 1.807) is 11.8 Å². The number of aromatic nitrogens is 2. The molecule has 1 aliphatic rings. The molecule has 0 spiro atoms. The minimum Gasteiger partial charge on any atom is -0.489 e. The highest BCUT2D eigenvalue weighted by Crippen LogP contribution is 2.31. The smallest absolute Gasteiger partial charge is 0.166 e. The van der Waals surface area contributed by atoms with Crippen LogP contribution in [0.3, 0.4) is 0 Å². The van der Waals surface area contributed by atoms with Crippen molar-refractivity contribution in [3.63, 3.8) is 0 Å². The van der Waals surface area contributed by atoms with Gasteiger partial charge in [0.2, 0.25) is 0 Å². The predicted molar refractivity (Wildman–Crippen MR) is 85.8 cm³/mol. The first-order valence-electron chi connectivity index (χ1n) is 6.90. The van der Waals surface area contributed by atoms with Crippen LogP contribution in [0.2, 0.25) is 0 Å². The lowest BCUT2D eigenvalue weighted by Crippen LogP contribution is -2.15. The summed E-state index contributed by atoms with van der Waals surface area (Å²) in [5.74, 6) is 1.89. The standard InChI is InChI=1S/C16H15N3OS/c17-11-5-6-13-14(8-11)19-16(18-13)21-9-12-7-10-3-1-2-4-15(10)20-12/h1-6,8,12H,7,9,17H2,(H,18,19). The highest BCUT2D eigenvalue weighted by molar-refractivity contribution is 7.99. The largest absolute Gasteiger partial charge is 0.489 e. The van der Waals surface area contributed by atoms with Crippen LogP contribution in [0.15, 0.2) is 47.6 Å². The Morgan fingerprint density at radius 3 is 3.10 bits per heavy atom. The van der Waals surface area contributed by atoms with Crippen molar-refractivity contribution in [1.82, 2.24) is 9.97 Å². The first-order valence-corrected chi connectivity index (χ1v) is 7.89. The zero-order valence-corrected chi connectivity index (χ0v) is 12.2. The molecule has 0 fully saturated rings. The molecule has 106 valence electrons. The first-order chi connectivity index (χ1) is 10.3. The lowest BCUT2D eigenvalue weighted by atomic mass is 10.1. The summed E-state index contributed by atoms with van der Waals surface area (Å²) in [6, 6.07) is 13.9. The molecule has 3 aromatic rings. The van der Waals surface area contributed by atoms with Crippen LogP contribution < -0.4 is 10.5 Å². The number of ether oxygens (including phenoxy) is 1. The Labute approximate surface area is 126 Å². The number of hydrogen-bond acceptors (Lipinski definition) is 4. The quantitative estimate of drug-likeness (QED) is 0.575. The van der Waals surface area contributed by atoms with E-state index >= 15 is 0 Å². The number of H-pyrrole nitrogens is 1. The van der Waals surface area contributed by atoms with E-state index in [4.69, 9.17) is 10.5 Å². The fourth-order valence-electron chi connectivity index (χ4n) is 2.59. The number of anilines is 1. The van der Waals surface area contributed by atoms with E-state index in [1.807, 2.05) is 30.3 Å². The number of nitrogens with zero attached hydrogens (tertiary/aromatic N) is 1. The lowest BCUT2D eigenvalue weighted by molar-refractivity contribution is 0.259. The van der Waals surface area contributed by atoms with E-state index in [0.717, 1.165) is 39.8 Å². The summed E-state index contributed by atoms with van der Waals surface area (Å²) in [4.78, 5) is 7.86. The Balaban J connectivity index is 1.45. The molecule has 0 bridgehead atoms. The van der Waals surface area contributed by atoms with Gasteiger partial charge in [0.25, 0.3) is 0 Å². The summed E-state index contributed by atoms with van der Waals surface area (Å²) in [5, 5.41) is 0.912. The van der Waals surface area contributed by atoms with Crippen molar-refractivity contribution in [2.45, 2.75) is 17.7 Å². The zero-order chi connectivity index (χ0) is 14.2. The molecule has 0 saturated heterocycles. The molecule has 1 atom stereocenters. The molecule has 5 heteroatoms. The van der Waals surface area contributed by atoms with Crippen LogP contribution in [0.4, 0.5) is 5.69 Å². The van der Waals surface area contributed by atoms with Gasteiger partial charge < -0.3 is 15.5 Å². The Morgan fingerprint density at radius 1 is 1.29 bits per heavy atom. The van der Waals surface area contributed by atoms with Crippen LogP contribution in [-0.2, 0) is 6.42 Å². The van der Waals surface area contributed by atoms with E-state index in [9.17, 15) is 0 Å². The SMILES string of the molecule is Nc1ccc2nc(SCC3Cc4ccccc4O3)[nH]c2c1. The van der Waals surface area contributed by atoms with Crippen LogP contribution in [-0.4, -0.2) is 21.8 Å². The number of hydrogen-bond donors (Lipinski definition) is 2. The Morgan fingerprint density at radius 2 is 2.19 bits per heavy atom. The highest BCUT2D eigenvalue weighted by atomic mass is 32.2. The Hall–Kier alpha value is -2.14. The molecule has 1 aliphatic heterocycles. The average Bonchev–Trinajstić information content (AvgIpc) is 3.07. The predicted octanol–water partition coefficient (Wildman–Crippen LogP) is 3.24. The summed E-state index contributed by atoms with van der Waals surface area (Å²) in [6.07, 6.45) is 1.18. The number of aromatic amines is 1. The number of benzene rings is 2. The summed E-state index contributed by atoms with van der Waals surface area (Å²) in [6.45, 7) is 0. The maximum absolute atomic E-state index is 5.94. The van der Waals surface area contributed by atoms with Gasteiger partial charge in [-0.3, -0.25) is 0 Å². The van der Waals surface area contributed by atoms with Gasteiger partial charge in [0.15, 0.2) is 5.16 Å². The summed E-state index contributed by atoms with van der Waals surface area (Å²) in [7, 11) is 0. The van der Waals surface area contributed by atoms with Crippen molar-refractivity contribution in [2.75, 3.05) is 11.5 Å². The third-order valence-corrected chi connectivity index (χ3v) is 4.61. The van der Waals surface area contributed by atoms with Gasteiger partial charge in [0.05, 0.1) is 11.0 Å². The second kappa shape index (κ2) is 5.00. The second-order valence-corrected chi connectivity index (χ2v) is 6.19. The number of rotatable bonds is 3. The van der Waals surface area contributed by atoms with Crippen molar-refractivity contribution in [1.29, 1.82) is 0 Å². The van der Waals surface area contributed by atoms with Gasteiger partial charge in [-0.05, 0) is 29.8 Å². The van der Waals surface area contributed by atoms with Gasteiger partial charge in [-0.1, -0.05) is 30.0 Å². The molecule has 0 aliphatic carbocycles. The van der Waals surface area contributed by atoms with E-state index in [2.05, 4.69) is 22.1 Å². The van der Waals surface area contributed by atoms with Crippen molar-refractivity contribution in [3.05, 3.63) is 48.0 Å². The van der Waals surface area contributed by atoms with Crippen LogP contribution in [0.1, 0.15) is 5.56 Å². The van der Waals surface area contributed by atoms with E-state index in [0.29, 0.717) is 0 Å². The topological polar surface area (TPSA) is 63.9 Å². The number of fused-ring (bicyclic) bond motifs is 2. The van der Waals surface area contributed by atoms with Gasteiger partial charge in [-0.2, -0.15) is 0 Å². The molecule has 2 aromatic carbocycles. The summed E-state index contributed by atoms with van der Waals surface area (Å²) in [5.41, 5.74) is 9.75. The fourth-order valence-corrected chi connectivity index (χ4v) is 3.47. The van der Waals surface area contributed by atoms with Crippen LogP contribution in [0.25, 0.3) is 11.0 Å². The monoisotopic (exact) mass is 297 g/mol. The molecule has 21 heavy (non-hydrogen) atoms. The maximum atomic E-state index is 5.94. The van der Waals surface area contributed by atoms with E-state index in [1.165, 1.54) is 5.56 Å². The molecular weight excluding hydrogens is 282 g/mol. The molecule has 1 aromatic heterocycles. The molecule has 4 rings (SSSR count). The number of thioether (sulfide) groups is 1. The Kier molecular flexibility index (Phi) is 3.00. The van der Waals surface area contributed by atoms with Crippen molar-refractivity contribution in [3.8, 4) is 5.75 Å². The van der Waals surface area contributed by atoms with Gasteiger partial charge in [-0.15, -0.1) is 0 Å². The van der Waals surface area contributed by atoms with Gasteiger partial charge >= 0.3 is 0 Å². The molecule has 4 nitrogen and oxygen atoms in total. The summed E-state index contributed by atoms with van der Waals surface area (Å²) >= 11 is 1.69. The van der Waals surface area contributed by atoms with Crippen LogP contribution in [0.5, 0.6) is 5.75 Å². The molecule has 0 amide bonds. The second-order valence-electron chi connectivity index (χ2n) is 5.18. The molecule has 1 unspecified atom stereocenters. The Bertz CT molecular complexity index is 774. The number of nitrogens with two attached hydrogens (primary N) is 1. The molecule has 0 saturated carbocycles. The summed E-state index contributed by atoms with van der Waals surface area (Å²) < 4.78 is 5.94. The number of para-hydroxylation sites is 1. The van der Waals surface area contributed by atoms with Crippen molar-refractivity contribution < 1.29 is 4.74 Å². The van der Waals surface area contributed by atoms with E-state index < -0.39 is 0 Å². The normalized spacial score (nSPS) is 16.9. The number of nitrogens with one attached hydrogen (secondary N) is 1. The molecule has 2 heterocycles. The third-order valence-electron chi connectivity index (χ3n) is 3.60. The van der Waals surface area contributed by atoms with Gasteiger partial charge in [0.1, 0.15) is 11.9 Å². The molecule has 3 N–H and O–H groups in total. The van der Waals surface area contributed by atoms with Crippen LogP contribution >= 0.6 is 11.8 Å². The third kappa shape index (κ3) is 2.45.